The maximum absolute atomic E-state index is 13.6. The van der Waals surface area contributed by atoms with Gasteiger partial charge < -0.3 is 24.2 Å². The minimum Gasteiger partial charge on any atom is -0.497 e. The Labute approximate surface area is 184 Å². The summed E-state index contributed by atoms with van der Waals surface area (Å²) >= 11 is 0. The molecule has 0 radical (unpaired) electrons. The van der Waals surface area contributed by atoms with Gasteiger partial charge in [-0.1, -0.05) is 23.8 Å². The highest BCUT2D eigenvalue weighted by Gasteiger charge is 2.43. The summed E-state index contributed by atoms with van der Waals surface area (Å²) in [5.74, 6) is 1.09. The van der Waals surface area contributed by atoms with Crippen molar-refractivity contribution in [2.75, 3.05) is 62.8 Å². The van der Waals surface area contributed by atoms with Crippen molar-refractivity contribution < 1.29 is 14.3 Å². The Morgan fingerprint density at radius 1 is 1.03 bits per heavy atom. The molecule has 2 fully saturated rings. The van der Waals surface area contributed by atoms with Crippen LogP contribution in [0.5, 0.6) is 5.75 Å². The van der Waals surface area contributed by atoms with E-state index in [1.807, 2.05) is 11.0 Å². The second kappa shape index (κ2) is 8.42. The highest BCUT2D eigenvalue weighted by Crippen LogP contribution is 2.39. The standard InChI is InChI=1S/C25H31N3O3/c1-18-3-6-20(7-4-18)27-9-10-28-23-16-21(30-2)8-5-19(23)15-22(24(28)17-27)25(29)26-11-13-31-14-12-26/h3-8,16,22,24H,9-15,17H2,1-2H3/t22-,24+/m1/s1. The molecule has 2 aromatic rings. The number of hydrogen-bond acceptors (Lipinski definition) is 5. The van der Waals surface area contributed by atoms with Gasteiger partial charge >= 0.3 is 0 Å². The average Bonchev–Trinajstić information content (AvgIpc) is 2.83. The molecule has 0 spiro atoms. The average molecular weight is 422 g/mol. The smallest absolute Gasteiger partial charge is 0.228 e. The van der Waals surface area contributed by atoms with Crippen molar-refractivity contribution in [3.63, 3.8) is 0 Å². The van der Waals surface area contributed by atoms with Crippen LogP contribution in [0, 0.1) is 12.8 Å². The molecule has 2 aromatic carbocycles. The van der Waals surface area contributed by atoms with Crippen molar-refractivity contribution >= 4 is 17.3 Å². The molecule has 0 saturated carbocycles. The van der Waals surface area contributed by atoms with Crippen LogP contribution in [0.2, 0.25) is 0 Å². The molecular weight excluding hydrogens is 390 g/mol. The summed E-state index contributed by atoms with van der Waals surface area (Å²) in [5, 5.41) is 0. The van der Waals surface area contributed by atoms with Crippen molar-refractivity contribution in [3.05, 3.63) is 53.6 Å². The zero-order valence-corrected chi connectivity index (χ0v) is 18.4. The van der Waals surface area contributed by atoms with Gasteiger partial charge in [-0.3, -0.25) is 4.79 Å². The number of anilines is 2. The lowest BCUT2D eigenvalue weighted by Gasteiger charge is -2.50. The van der Waals surface area contributed by atoms with E-state index in [4.69, 9.17) is 9.47 Å². The Morgan fingerprint density at radius 3 is 2.55 bits per heavy atom. The quantitative estimate of drug-likeness (QED) is 0.763. The van der Waals surface area contributed by atoms with Crippen LogP contribution in [-0.4, -0.2) is 69.9 Å². The number of morpholine rings is 1. The number of methoxy groups -OCH3 is 1. The van der Waals surface area contributed by atoms with Crippen LogP contribution in [0.3, 0.4) is 0 Å². The number of hydrogen-bond donors (Lipinski definition) is 0. The summed E-state index contributed by atoms with van der Waals surface area (Å²) in [6.07, 6.45) is 0.776. The van der Waals surface area contributed by atoms with Gasteiger partial charge in [0.15, 0.2) is 0 Å². The molecule has 5 rings (SSSR count). The number of piperazine rings is 1. The third-order valence-electron chi connectivity index (χ3n) is 6.96. The number of aryl methyl sites for hydroxylation is 1. The lowest BCUT2D eigenvalue weighted by Crippen LogP contribution is -2.62. The van der Waals surface area contributed by atoms with E-state index < -0.39 is 0 Å². The molecule has 31 heavy (non-hydrogen) atoms. The van der Waals surface area contributed by atoms with E-state index in [0.29, 0.717) is 26.3 Å². The summed E-state index contributed by atoms with van der Waals surface area (Å²) in [5.41, 5.74) is 4.96. The molecule has 0 unspecified atom stereocenters. The Hall–Kier alpha value is -2.73. The molecule has 0 aromatic heterocycles. The normalized spacial score (nSPS) is 23.2. The summed E-state index contributed by atoms with van der Waals surface area (Å²) in [7, 11) is 1.71. The van der Waals surface area contributed by atoms with Gasteiger partial charge in [-0.25, -0.2) is 0 Å². The van der Waals surface area contributed by atoms with Crippen LogP contribution in [0.1, 0.15) is 11.1 Å². The summed E-state index contributed by atoms with van der Waals surface area (Å²) in [6.45, 7) is 7.45. The number of carbonyl (C=O) groups excluding carboxylic acids is 1. The third kappa shape index (κ3) is 3.85. The predicted octanol–water partition coefficient (Wildman–Crippen LogP) is 2.73. The van der Waals surface area contributed by atoms with Gasteiger partial charge in [0.25, 0.3) is 0 Å². The van der Waals surface area contributed by atoms with E-state index in [1.165, 1.54) is 22.5 Å². The van der Waals surface area contributed by atoms with Crippen LogP contribution < -0.4 is 14.5 Å². The van der Waals surface area contributed by atoms with E-state index in [-0.39, 0.29) is 17.9 Å². The molecule has 3 aliphatic rings. The number of ether oxygens (including phenoxy) is 2. The van der Waals surface area contributed by atoms with Gasteiger partial charge in [-0.15, -0.1) is 0 Å². The topological polar surface area (TPSA) is 45.2 Å². The maximum Gasteiger partial charge on any atom is 0.228 e. The van der Waals surface area contributed by atoms with E-state index in [9.17, 15) is 4.79 Å². The van der Waals surface area contributed by atoms with E-state index in [0.717, 1.165) is 31.8 Å². The molecule has 164 valence electrons. The van der Waals surface area contributed by atoms with Crippen LogP contribution in [-0.2, 0) is 16.0 Å². The first-order chi connectivity index (χ1) is 15.1. The third-order valence-corrected chi connectivity index (χ3v) is 6.96. The van der Waals surface area contributed by atoms with E-state index in [2.05, 4.69) is 53.1 Å². The van der Waals surface area contributed by atoms with Crippen LogP contribution in [0.15, 0.2) is 42.5 Å². The van der Waals surface area contributed by atoms with Crippen LogP contribution in [0.4, 0.5) is 11.4 Å². The first kappa shape index (κ1) is 20.2. The summed E-state index contributed by atoms with van der Waals surface area (Å²) < 4.78 is 11.0. The predicted molar refractivity (Wildman–Crippen MR) is 122 cm³/mol. The van der Waals surface area contributed by atoms with Crippen LogP contribution in [0.25, 0.3) is 0 Å². The van der Waals surface area contributed by atoms with Crippen LogP contribution >= 0.6 is 0 Å². The van der Waals surface area contributed by atoms with Crippen molar-refractivity contribution in [1.82, 2.24) is 4.90 Å². The van der Waals surface area contributed by atoms with Gasteiger partial charge in [0.05, 0.1) is 32.3 Å². The number of rotatable bonds is 3. The molecule has 0 bridgehead atoms. The largest absolute Gasteiger partial charge is 0.497 e. The first-order valence-corrected chi connectivity index (χ1v) is 11.3. The Morgan fingerprint density at radius 2 is 1.81 bits per heavy atom. The molecule has 2 atom stereocenters. The Bertz CT molecular complexity index is 940. The fourth-order valence-corrected chi connectivity index (χ4v) is 5.20. The van der Waals surface area contributed by atoms with Crippen molar-refractivity contribution in [2.24, 2.45) is 5.92 Å². The first-order valence-electron chi connectivity index (χ1n) is 11.3. The number of amides is 1. The molecule has 6 nitrogen and oxygen atoms in total. The molecule has 0 N–H and O–H groups in total. The molecule has 1 amide bonds. The second-order valence-electron chi connectivity index (χ2n) is 8.79. The lowest BCUT2D eigenvalue weighted by atomic mass is 9.82. The van der Waals surface area contributed by atoms with Gasteiger partial charge in [-0.2, -0.15) is 0 Å². The highest BCUT2D eigenvalue weighted by molar-refractivity contribution is 5.83. The Balaban J connectivity index is 1.47. The lowest BCUT2D eigenvalue weighted by molar-refractivity contribution is -0.140. The molecular formula is C25H31N3O3. The summed E-state index contributed by atoms with van der Waals surface area (Å²) in [4.78, 5) is 20.5. The molecule has 0 aliphatic carbocycles. The van der Waals surface area contributed by atoms with Crippen molar-refractivity contribution in [3.8, 4) is 5.75 Å². The Kier molecular flexibility index (Phi) is 5.48. The van der Waals surface area contributed by atoms with Gasteiger partial charge in [0, 0.05) is 50.2 Å². The van der Waals surface area contributed by atoms with E-state index in [1.54, 1.807) is 7.11 Å². The van der Waals surface area contributed by atoms with Gasteiger partial charge in [-0.05, 0) is 37.1 Å². The van der Waals surface area contributed by atoms with Gasteiger partial charge in [0.1, 0.15) is 5.75 Å². The fraction of sp³-hybridized carbons (Fsp3) is 0.480. The monoisotopic (exact) mass is 421 g/mol. The van der Waals surface area contributed by atoms with Crippen molar-refractivity contribution in [2.45, 2.75) is 19.4 Å². The molecule has 3 heterocycles. The minimum absolute atomic E-state index is 0.0488. The molecule has 3 aliphatic heterocycles. The summed E-state index contributed by atoms with van der Waals surface area (Å²) in [6, 6.07) is 15.2. The molecule has 2 saturated heterocycles. The number of carbonyl (C=O) groups is 1. The SMILES string of the molecule is COc1ccc2c(c1)N1CCN(c3ccc(C)cc3)C[C@H]1[C@H](C(=O)N1CCOCC1)C2. The minimum atomic E-state index is -0.0488. The van der Waals surface area contributed by atoms with Crippen molar-refractivity contribution in [1.29, 1.82) is 0 Å². The maximum atomic E-state index is 13.6. The zero-order valence-electron chi connectivity index (χ0n) is 18.4. The van der Waals surface area contributed by atoms with E-state index >= 15 is 0 Å². The number of fused-ring (bicyclic) bond motifs is 3. The zero-order chi connectivity index (χ0) is 21.4. The fourth-order valence-electron chi connectivity index (χ4n) is 5.20. The number of benzene rings is 2. The van der Waals surface area contributed by atoms with Gasteiger partial charge in [0.2, 0.25) is 5.91 Å². The highest BCUT2D eigenvalue weighted by atomic mass is 16.5. The molecule has 6 heteroatoms. The number of nitrogens with zero attached hydrogens (tertiary/aromatic N) is 3. The second-order valence-corrected chi connectivity index (χ2v) is 8.79.